The summed E-state index contributed by atoms with van der Waals surface area (Å²) in [6, 6.07) is 14.3. The second-order valence-electron chi connectivity index (χ2n) is 8.79. The van der Waals surface area contributed by atoms with Gasteiger partial charge in [0.05, 0.1) is 20.5 Å². The molecule has 4 aromatic carbocycles. The predicted molar refractivity (Wildman–Crippen MR) is 160 cm³/mol. The Bertz CT molecular complexity index is 2200. The fraction of sp³-hybridized carbons (Fsp3) is 0. The van der Waals surface area contributed by atoms with E-state index in [0.29, 0.717) is 0 Å². The van der Waals surface area contributed by atoms with Crippen molar-refractivity contribution in [1.29, 1.82) is 0 Å². The maximum Gasteiger partial charge on any atom is 0.294 e. The number of nitrogens with zero attached hydrogens (tertiary/aromatic N) is 5. The number of anilines is 4. The molecule has 226 valence electrons. The van der Waals surface area contributed by atoms with Gasteiger partial charge in [-0.05, 0) is 65.5 Å². The van der Waals surface area contributed by atoms with E-state index in [1.165, 1.54) is 48.5 Å². The number of halogens is 2. The van der Waals surface area contributed by atoms with Crippen LogP contribution < -0.4 is 10.6 Å². The third-order valence-corrected chi connectivity index (χ3v) is 7.97. The summed E-state index contributed by atoms with van der Waals surface area (Å²) in [5.41, 5.74) is -0.0317. The molecule has 0 atom stereocenters. The molecule has 0 aliphatic heterocycles. The van der Waals surface area contributed by atoms with Gasteiger partial charge in [0, 0.05) is 11.1 Å². The SMILES string of the molecule is O=S(=O)(O)c1cccc(Nc2nc(Cl)nc(Nc3cc(S(=O)(=O)O)cc4ccc(N=Nc5cccc(Cl)c5O)c(O)c34)n2)c1. The minimum atomic E-state index is -4.73. The quantitative estimate of drug-likeness (QED) is 0.0800. The third kappa shape index (κ3) is 6.77. The molecule has 0 spiro atoms. The smallest absolute Gasteiger partial charge is 0.294 e. The van der Waals surface area contributed by atoms with Gasteiger partial charge >= 0.3 is 0 Å². The Morgan fingerprint density at radius 1 is 0.682 bits per heavy atom. The minimum absolute atomic E-state index is 0.0102. The fourth-order valence-electron chi connectivity index (χ4n) is 3.87. The lowest BCUT2D eigenvalue weighted by Gasteiger charge is -2.14. The number of aromatic hydroxyl groups is 2. The number of azo groups is 1. The van der Waals surface area contributed by atoms with Gasteiger partial charge in [-0.25, -0.2) is 0 Å². The Labute approximate surface area is 258 Å². The largest absolute Gasteiger partial charge is 0.505 e. The molecular formula is C25H17Cl2N7O8S2. The highest BCUT2D eigenvalue weighted by Gasteiger charge is 2.19. The predicted octanol–water partition coefficient (Wildman–Crippen LogP) is 6.14. The van der Waals surface area contributed by atoms with Gasteiger partial charge in [0.15, 0.2) is 11.5 Å². The molecule has 5 aromatic rings. The molecule has 0 aliphatic rings. The van der Waals surface area contributed by atoms with E-state index in [4.69, 9.17) is 23.2 Å². The van der Waals surface area contributed by atoms with Gasteiger partial charge in [-0.15, -0.1) is 10.2 Å². The zero-order chi connectivity index (χ0) is 31.8. The summed E-state index contributed by atoms with van der Waals surface area (Å²) in [5, 5.41) is 34.4. The fourth-order valence-corrected chi connectivity index (χ4v) is 5.27. The Morgan fingerprint density at radius 3 is 2.00 bits per heavy atom. The van der Waals surface area contributed by atoms with Crippen LogP contribution in [0.25, 0.3) is 10.8 Å². The molecule has 0 radical (unpaired) electrons. The average Bonchev–Trinajstić information content (AvgIpc) is 2.93. The molecule has 15 nitrogen and oxygen atoms in total. The van der Waals surface area contributed by atoms with Crippen LogP contribution in [-0.4, -0.2) is 51.1 Å². The van der Waals surface area contributed by atoms with E-state index in [1.54, 1.807) is 0 Å². The van der Waals surface area contributed by atoms with Crippen molar-refractivity contribution in [1.82, 2.24) is 15.0 Å². The normalized spacial score (nSPS) is 12.1. The Morgan fingerprint density at radius 2 is 1.32 bits per heavy atom. The van der Waals surface area contributed by atoms with Gasteiger partial charge in [0.1, 0.15) is 11.4 Å². The van der Waals surface area contributed by atoms with Gasteiger partial charge in [0.2, 0.25) is 17.2 Å². The van der Waals surface area contributed by atoms with Crippen LogP contribution in [0.3, 0.4) is 0 Å². The number of benzene rings is 4. The first-order valence-corrected chi connectivity index (χ1v) is 15.5. The van der Waals surface area contributed by atoms with Crippen LogP contribution >= 0.6 is 23.2 Å². The van der Waals surface area contributed by atoms with Gasteiger partial charge in [-0.1, -0.05) is 29.8 Å². The molecule has 0 fully saturated rings. The number of hydrogen-bond acceptors (Lipinski definition) is 13. The van der Waals surface area contributed by atoms with Crippen molar-refractivity contribution in [2.45, 2.75) is 9.79 Å². The molecule has 19 heteroatoms. The van der Waals surface area contributed by atoms with Crippen LogP contribution in [0.5, 0.6) is 11.5 Å². The first-order valence-electron chi connectivity index (χ1n) is 11.9. The Hall–Kier alpha value is -4.65. The second-order valence-corrected chi connectivity index (χ2v) is 12.4. The standard InChI is InChI=1S/C25H17Cl2N7O8S2/c26-16-5-2-6-17(21(16)35)33-34-18-8-7-12-9-15(44(40,41)42)11-19(20(12)22(18)36)29-25-31-23(27)30-24(32-25)28-13-3-1-4-14(10-13)43(37,38)39/h1-11,35-36H,(H,37,38,39)(H,40,41,42)(H2,28,29,30,31,32). The molecular weight excluding hydrogens is 661 g/mol. The van der Waals surface area contributed by atoms with Gasteiger partial charge in [0.25, 0.3) is 20.2 Å². The van der Waals surface area contributed by atoms with E-state index in [0.717, 1.165) is 18.2 Å². The lowest BCUT2D eigenvalue weighted by Crippen LogP contribution is -2.06. The average molecular weight is 678 g/mol. The number of aromatic nitrogens is 3. The molecule has 6 N–H and O–H groups in total. The zero-order valence-electron chi connectivity index (χ0n) is 21.6. The summed E-state index contributed by atoms with van der Waals surface area (Å²) in [4.78, 5) is 11.1. The highest BCUT2D eigenvalue weighted by molar-refractivity contribution is 7.86. The minimum Gasteiger partial charge on any atom is -0.505 e. The molecule has 1 heterocycles. The Kier molecular flexibility index (Phi) is 8.25. The van der Waals surface area contributed by atoms with Gasteiger partial charge in [-0.3, -0.25) is 9.11 Å². The van der Waals surface area contributed by atoms with E-state index >= 15 is 0 Å². The van der Waals surface area contributed by atoms with Crippen LogP contribution in [-0.2, 0) is 20.2 Å². The number of hydrogen-bond donors (Lipinski definition) is 6. The molecule has 0 saturated heterocycles. The first-order chi connectivity index (χ1) is 20.7. The molecule has 0 saturated carbocycles. The highest BCUT2D eigenvalue weighted by atomic mass is 35.5. The molecule has 5 rings (SSSR count). The van der Waals surface area contributed by atoms with Crippen molar-refractivity contribution >= 4 is 88.9 Å². The van der Waals surface area contributed by atoms with Crippen molar-refractivity contribution in [3.05, 3.63) is 77.0 Å². The topological polar surface area (TPSA) is 237 Å². The number of nitrogens with one attached hydrogen (secondary N) is 2. The van der Waals surface area contributed by atoms with Gasteiger partial charge < -0.3 is 20.8 Å². The Balaban J connectivity index is 1.58. The summed E-state index contributed by atoms with van der Waals surface area (Å²) < 4.78 is 66.1. The van der Waals surface area contributed by atoms with Crippen molar-refractivity contribution < 1.29 is 36.2 Å². The summed E-state index contributed by atoms with van der Waals surface area (Å²) in [5.74, 6) is -1.25. The maximum absolute atomic E-state index is 12.0. The van der Waals surface area contributed by atoms with Crippen LogP contribution in [0.4, 0.5) is 34.6 Å². The zero-order valence-corrected chi connectivity index (χ0v) is 24.7. The summed E-state index contributed by atoms with van der Waals surface area (Å²) in [6.45, 7) is 0. The lowest BCUT2D eigenvalue weighted by atomic mass is 10.1. The molecule has 0 aliphatic carbocycles. The van der Waals surface area contributed by atoms with Crippen LogP contribution in [0.15, 0.2) is 86.7 Å². The molecule has 0 bridgehead atoms. The van der Waals surface area contributed by atoms with Crippen LogP contribution in [0, 0.1) is 0 Å². The van der Waals surface area contributed by atoms with Crippen molar-refractivity contribution in [3.8, 4) is 11.5 Å². The van der Waals surface area contributed by atoms with Crippen LogP contribution in [0.1, 0.15) is 0 Å². The monoisotopic (exact) mass is 677 g/mol. The van der Waals surface area contributed by atoms with E-state index in [2.05, 4.69) is 35.8 Å². The van der Waals surface area contributed by atoms with Crippen molar-refractivity contribution in [2.75, 3.05) is 10.6 Å². The van der Waals surface area contributed by atoms with Crippen molar-refractivity contribution in [3.63, 3.8) is 0 Å². The number of rotatable bonds is 8. The molecule has 0 amide bonds. The summed E-state index contributed by atoms with van der Waals surface area (Å²) in [7, 11) is -9.23. The molecule has 1 aromatic heterocycles. The number of para-hydroxylation sites is 1. The highest BCUT2D eigenvalue weighted by Crippen LogP contribution is 2.42. The number of phenols is 2. The van der Waals surface area contributed by atoms with E-state index in [1.807, 2.05) is 0 Å². The maximum atomic E-state index is 12.0. The number of fused-ring (bicyclic) bond motifs is 1. The second kappa shape index (κ2) is 11.8. The summed E-state index contributed by atoms with van der Waals surface area (Å²) in [6.07, 6.45) is 0. The van der Waals surface area contributed by atoms with E-state index in [-0.39, 0.29) is 61.5 Å². The van der Waals surface area contributed by atoms with E-state index in [9.17, 15) is 36.2 Å². The first kappa shape index (κ1) is 30.8. The third-order valence-electron chi connectivity index (χ3n) is 5.81. The van der Waals surface area contributed by atoms with Crippen LogP contribution in [0.2, 0.25) is 10.3 Å². The van der Waals surface area contributed by atoms with Gasteiger partial charge in [-0.2, -0.15) is 31.8 Å². The molecule has 44 heavy (non-hydrogen) atoms. The van der Waals surface area contributed by atoms with E-state index < -0.39 is 35.8 Å². The molecule has 0 unspecified atom stereocenters. The number of phenolic OH excluding ortho intramolecular Hbond substituents is 2. The van der Waals surface area contributed by atoms with Crippen molar-refractivity contribution in [2.24, 2.45) is 10.2 Å². The lowest BCUT2D eigenvalue weighted by molar-refractivity contribution is 0.475. The summed E-state index contributed by atoms with van der Waals surface area (Å²) >= 11 is 12.0.